The number of carbonyl (C=O) groups is 3. The molecule has 1 saturated heterocycles. The summed E-state index contributed by atoms with van der Waals surface area (Å²) in [4.78, 5) is 34.2. The fourth-order valence-electron chi connectivity index (χ4n) is 2.29. The zero-order valence-electron chi connectivity index (χ0n) is 12.5. The van der Waals surface area contributed by atoms with Crippen molar-refractivity contribution in [3.63, 3.8) is 0 Å². The van der Waals surface area contributed by atoms with Crippen LogP contribution in [0.15, 0.2) is 42.5 Å². The molecule has 1 aromatic carbocycles. The van der Waals surface area contributed by atoms with Crippen LogP contribution in [-0.4, -0.2) is 35.3 Å². The molecule has 7 nitrogen and oxygen atoms in total. The standard InChI is InChI=1S/C16H17NO6/c1-9(15(19)20)13-12(14(18)17-13)10(2)23-16(21)22-8-11-6-4-3-5-7-11/h3-7,10,12-13H,1,8H2,2H3,(H,17,18)(H,19,20)/t10?,12-,13-/m1/s1. The zero-order chi connectivity index (χ0) is 17.0. The summed E-state index contributed by atoms with van der Waals surface area (Å²) in [5.41, 5.74) is 0.651. The van der Waals surface area contributed by atoms with E-state index in [1.54, 1.807) is 12.1 Å². The molecule has 1 fully saturated rings. The van der Waals surface area contributed by atoms with Gasteiger partial charge in [-0.1, -0.05) is 36.9 Å². The molecule has 1 aliphatic heterocycles. The van der Waals surface area contributed by atoms with E-state index < -0.39 is 30.2 Å². The van der Waals surface area contributed by atoms with E-state index >= 15 is 0 Å². The van der Waals surface area contributed by atoms with Crippen LogP contribution in [-0.2, 0) is 25.7 Å². The van der Waals surface area contributed by atoms with E-state index in [-0.39, 0.29) is 18.1 Å². The third-order valence-corrected chi connectivity index (χ3v) is 3.60. The number of nitrogens with one attached hydrogen (secondary N) is 1. The predicted octanol–water partition coefficient (Wildman–Crippen LogP) is 1.48. The first kappa shape index (κ1) is 16.5. The molecule has 2 N–H and O–H groups in total. The average molecular weight is 319 g/mol. The van der Waals surface area contributed by atoms with Gasteiger partial charge in [0.1, 0.15) is 12.7 Å². The van der Waals surface area contributed by atoms with Crippen LogP contribution in [0.5, 0.6) is 0 Å². The lowest BCUT2D eigenvalue weighted by molar-refractivity contribution is -0.142. The van der Waals surface area contributed by atoms with Crippen molar-refractivity contribution in [1.29, 1.82) is 0 Å². The number of rotatable bonds is 6. The van der Waals surface area contributed by atoms with Crippen molar-refractivity contribution in [2.45, 2.75) is 25.7 Å². The second-order valence-corrected chi connectivity index (χ2v) is 5.19. The molecule has 1 heterocycles. The van der Waals surface area contributed by atoms with Crippen LogP contribution >= 0.6 is 0 Å². The first-order chi connectivity index (χ1) is 10.9. The Hall–Kier alpha value is -2.83. The molecule has 0 spiro atoms. The number of hydrogen-bond acceptors (Lipinski definition) is 5. The van der Waals surface area contributed by atoms with Gasteiger partial charge in [-0.05, 0) is 12.5 Å². The van der Waals surface area contributed by atoms with Gasteiger partial charge in [0.2, 0.25) is 5.91 Å². The fraction of sp³-hybridized carbons (Fsp3) is 0.312. The summed E-state index contributed by atoms with van der Waals surface area (Å²) in [5, 5.41) is 11.3. The number of carboxylic acids is 1. The molecule has 1 amide bonds. The van der Waals surface area contributed by atoms with Crippen molar-refractivity contribution >= 4 is 18.0 Å². The fourth-order valence-corrected chi connectivity index (χ4v) is 2.29. The molecule has 1 aliphatic rings. The summed E-state index contributed by atoms with van der Waals surface area (Å²) in [6.45, 7) is 4.97. The molecule has 7 heteroatoms. The van der Waals surface area contributed by atoms with Crippen molar-refractivity contribution < 1.29 is 29.0 Å². The van der Waals surface area contributed by atoms with Gasteiger partial charge in [-0.3, -0.25) is 4.79 Å². The van der Waals surface area contributed by atoms with E-state index in [1.807, 2.05) is 18.2 Å². The Balaban J connectivity index is 1.86. The van der Waals surface area contributed by atoms with Crippen LogP contribution in [0.25, 0.3) is 0 Å². The Labute approximate surface area is 132 Å². The highest BCUT2D eigenvalue weighted by atomic mass is 16.7. The Morgan fingerprint density at radius 3 is 2.57 bits per heavy atom. The third-order valence-electron chi connectivity index (χ3n) is 3.60. The maximum Gasteiger partial charge on any atom is 0.508 e. The Kier molecular flexibility index (Phi) is 5.00. The quantitative estimate of drug-likeness (QED) is 0.468. The highest BCUT2D eigenvalue weighted by Crippen LogP contribution is 2.26. The molecule has 0 aromatic heterocycles. The van der Waals surface area contributed by atoms with E-state index in [0.717, 1.165) is 5.56 Å². The van der Waals surface area contributed by atoms with E-state index in [9.17, 15) is 14.4 Å². The van der Waals surface area contributed by atoms with E-state index in [1.165, 1.54) is 6.92 Å². The van der Waals surface area contributed by atoms with Gasteiger partial charge in [0.05, 0.1) is 17.5 Å². The summed E-state index contributed by atoms with van der Waals surface area (Å²) < 4.78 is 10.0. The maximum absolute atomic E-state index is 11.7. The number of carbonyl (C=O) groups excluding carboxylic acids is 2. The van der Waals surface area contributed by atoms with Gasteiger partial charge in [0, 0.05) is 0 Å². The van der Waals surface area contributed by atoms with E-state index in [0.29, 0.717) is 0 Å². The molecule has 122 valence electrons. The van der Waals surface area contributed by atoms with Crippen molar-refractivity contribution in [2.24, 2.45) is 5.92 Å². The van der Waals surface area contributed by atoms with Gasteiger partial charge in [-0.25, -0.2) is 9.59 Å². The van der Waals surface area contributed by atoms with Gasteiger partial charge in [-0.2, -0.15) is 0 Å². The van der Waals surface area contributed by atoms with Gasteiger partial charge < -0.3 is 19.9 Å². The number of aliphatic carboxylic acids is 1. The number of benzene rings is 1. The minimum absolute atomic E-state index is 0.0501. The van der Waals surface area contributed by atoms with Crippen molar-refractivity contribution in [2.75, 3.05) is 0 Å². The zero-order valence-corrected chi connectivity index (χ0v) is 12.5. The second kappa shape index (κ2) is 6.95. The molecular formula is C16H17NO6. The molecule has 3 atom stereocenters. The van der Waals surface area contributed by atoms with Crippen LogP contribution in [0.2, 0.25) is 0 Å². The largest absolute Gasteiger partial charge is 0.508 e. The molecule has 23 heavy (non-hydrogen) atoms. The lowest BCUT2D eigenvalue weighted by atomic mass is 9.82. The number of carboxylic acid groups (broad SMARTS) is 1. The van der Waals surface area contributed by atoms with Gasteiger partial charge in [0.25, 0.3) is 0 Å². The molecule has 0 aliphatic carbocycles. The average Bonchev–Trinajstić information content (AvgIpc) is 2.50. The van der Waals surface area contributed by atoms with Crippen LogP contribution in [0.4, 0.5) is 4.79 Å². The first-order valence-corrected chi connectivity index (χ1v) is 7.00. The third kappa shape index (κ3) is 3.88. The smallest absolute Gasteiger partial charge is 0.478 e. The van der Waals surface area contributed by atoms with E-state index in [2.05, 4.69) is 11.9 Å². The number of amides is 1. The van der Waals surface area contributed by atoms with Crippen molar-refractivity contribution in [3.8, 4) is 0 Å². The summed E-state index contributed by atoms with van der Waals surface area (Å²) >= 11 is 0. The number of β-lactam (4-membered cyclic amide) rings is 1. The lowest BCUT2D eigenvalue weighted by Gasteiger charge is -2.39. The SMILES string of the molecule is C=C(C(=O)O)[C@H]1NC(=O)[C@@H]1C(C)OC(=O)OCc1ccccc1. The molecule has 1 unspecified atom stereocenters. The monoisotopic (exact) mass is 319 g/mol. The van der Waals surface area contributed by atoms with Gasteiger partial charge >= 0.3 is 12.1 Å². The molecule has 1 aromatic rings. The maximum atomic E-state index is 11.7. The van der Waals surface area contributed by atoms with Crippen molar-refractivity contribution in [3.05, 3.63) is 48.0 Å². The Morgan fingerprint density at radius 2 is 2.00 bits per heavy atom. The predicted molar refractivity (Wildman–Crippen MR) is 79.4 cm³/mol. The topological polar surface area (TPSA) is 102 Å². The van der Waals surface area contributed by atoms with Gasteiger partial charge in [-0.15, -0.1) is 0 Å². The summed E-state index contributed by atoms with van der Waals surface area (Å²) in [6, 6.07) is 8.30. The lowest BCUT2D eigenvalue weighted by Crippen LogP contribution is -2.63. The minimum Gasteiger partial charge on any atom is -0.478 e. The van der Waals surface area contributed by atoms with Crippen LogP contribution in [0, 0.1) is 5.92 Å². The molecule has 0 bridgehead atoms. The van der Waals surface area contributed by atoms with Crippen LogP contribution in [0.1, 0.15) is 12.5 Å². The molecule has 2 rings (SSSR count). The first-order valence-electron chi connectivity index (χ1n) is 7.00. The Bertz CT molecular complexity index is 627. The van der Waals surface area contributed by atoms with Crippen LogP contribution < -0.4 is 5.32 Å². The summed E-state index contributed by atoms with van der Waals surface area (Å²) in [5.74, 6) is -2.39. The Morgan fingerprint density at radius 1 is 1.35 bits per heavy atom. The minimum atomic E-state index is -1.21. The highest BCUT2D eigenvalue weighted by Gasteiger charge is 2.47. The van der Waals surface area contributed by atoms with Crippen molar-refractivity contribution in [1.82, 2.24) is 5.32 Å². The molecule has 0 saturated carbocycles. The number of hydrogen-bond donors (Lipinski definition) is 2. The molecular weight excluding hydrogens is 302 g/mol. The van der Waals surface area contributed by atoms with Gasteiger partial charge in [0.15, 0.2) is 0 Å². The summed E-state index contributed by atoms with van der Waals surface area (Å²) in [6.07, 6.45) is -1.74. The normalized spacial score (nSPS) is 20.7. The molecule has 0 radical (unpaired) electrons. The number of ether oxygens (including phenoxy) is 2. The van der Waals surface area contributed by atoms with Crippen LogP contribution in [0.3, 0.4) is 0 Å². The second-order valence-electron chi connectivity index (χ2n) is 5.19. The van der Waals surface area contributed by atoms with E-state index in [4.69, 9.17) is 14.6 Å². The highest BCUT2D eigenvalue weighted by molar-refractivity contribution is 5.95. The summed E-state index contributed by atoms with van der Waals surface area (Å²) in [7, 11) is 0.